The highest BCUT2D eigenvalue weighted by Gasteiger charge is 2.27. The van der Waals surface area contributed by atoms with Gasteiger partial charge in [-0.15, -0.1) is 0 Å². The van der Waals surface area contributed by atoms with Gasteiger partial charge in [-0.3, -0.25) is 14.6 Å². The van der Waals surface area contributed by atoms with Crippen LogP contribution in [-0.2, 0) is 13.0 Å². The van der Waals surface area contributed by atoms with E-state index in [4.69, 9.17) is 27.9 Å². The number of halogens is 3. The Labute approximate surface area is 219 Å². The molecule has 4 aromatic rings. The summed E-state index contributed by atoms with van der Waals surface area (Å²) >= 11 is 12.8. The minimum absolute atomic E-state index is 0.103. The first-order chi connectivity index (χ1) is 17.7. The van der Waals surface area contributed by atoms with E-state index in [0.717, 1.165) is 27.6 Å². The van der Waals surface area contributed by atoms with E-state index in [1.807, 2.05) is 6.92 Å². The fourth-order valence-corrected chi connectivity index (χ4v) is 4.84. The van der Waals surface area contributed by atoms with Gasteiger partial charge in [-0.1, -0.05) is 35.3 Å². The van der Waals surface area contributed by atoms with Gasteiger partial charge in [0, 0.05) is 18.7 Å². The van der Waals surface area contributed by atoms with Crippen molar-refractivity contribution < 1.29 is 13.9 Å². The number of H-pyrrole nitrogens is 1. The SMILES string of the molecule is Cc1cc(Oc2c(Cl)cc(-n3ncc(=O)[nH]c3=O)cc2Cl)cc2c1C(=O)N(Cc1ccc(F)cc1)CC2. The molecular formula is C26H19Cl2FN4O4. The quantitative estimate of drug-likeness (QED) is 0.396. The van der Waals surface area contributed by atoms with Gasteiger partial charge in [0.25, 0.3) is 11.5 Å². The second-order valence-electron chi connectivity index (χ2n) is 8.57. The Balaban J connectivity index is 1.40. The minimum atomic E-state index is -0.739. The number of carbonyl (C=O) groups excluding carboxylic acids is 1. The molecule has 0 atom stereocenters. The number of nitrogens with one attached hydrogen (secondary N) is 1. The zero-order chi connectivity index (χ0) is 26.3. The molecule has 1 aliphatic heterocycles. The molecule has 0 spiro atoms. The van der Waals surface area contributed by atoms with Crippen molar-refractivity contribution in [1.82, 2.24) is 19.7 Å². The molecule has 0 unspecified atom stereocenters. The fraction of sp³-hybridized carbons (Fsp3) is 0.154. The van der Waals surface area contributed by atoms with Crippen LogP contribution in [0.2, 0.25) is 10.0 Å². The van der Waals surface area contributed by atoms with Crippen LogP contribution in [0.15, 0.2) is 64.3 Å². The Bertz CT molecular complexity index is 1630. The van der Waals surface area contributed by atoms with Crippen molar-refractivity contribution in [1.29, 1.82) is 0 Å². The zero-order valence-electron chi connectivity index (χ0n) is 19.4. The van der Waals surface area contributed by atoms with Gasteiger partial charge in [0.15, 0.2) is 5.75 Å². The van der Waals surface area contributed by atoms with Crippen LogP contribution in [0.25, 0.3) is 5.69 Å². The third-order valence-corrected chi connectivity index (χ3v) is 6.55. The molecule has 0 aliphatic carbocycles. The Kier molecular flexibility index (Phi) is 6.57. The Morgan fingerprint density at radius 2 is 1.76 bits per heavy atom. The van der Waals surface area contributed by atoms with E-state index in [1.54, 1.807) is 29.2 Å². The average Bonchev–Trinajstić information content (AvgIpc) is 2.84. The Morgan fingerprint density at radius 1 is 1.05 bits per heavy atom. The number of hydrogen-bond donors (Lipinski definition) is 1. The maximum absolute atomic E-state index is 13.2. The molecular weight excluding hydrogens is 522 g/mol. The van der Waals surface area contributed by atoms with Crippen LogP contribution in [0.1, 0.15) is 27.0 Å². The summed E-state index contributed by atoms with van der Waals surface area (Å²) < 4.78 is 20.2. The molecule has 0 saturated carbocycles. The van der Waals surface area contributed by atoms with Crippen molar-refractivity contribution in [2.45, 2.75) is 19.9 Å². The number of hydrogen-bond acceptors (Lipinski definition) is 5. The number of rotatable bonds is 5. The van der Waals surface area contributed by atoms with Crippen LogP contribution in [0.5, 0.6) is 11.5 Å². The van der Waals surface area contributed by atoms with Gasteiger partial charge in [-0.2, -0.15) is 9.78 Å². The summed E-state index contributed by atoms with van der Waals surface area (Å²) in [6.07, 6.45) is 1.58. The normalized spacial score (nSPS) is 13.0. The lowest BCUT2D eigenvalue weighted by molar-refractivity contribution is 0.0726. The third kappa shape index (κ3) is 5.00. The summed E-state index contributed by atoms with van der Waals surface area (Å²) in [5.41, 5.74) is 1.91. The molecule has 8 nitrogen and oxygen atoms in total. The summed E-state index contributed by atoms with van der Waals surface area (Å²) in [7, 11) is 0. The lowest BCUT2D eigenvalue weighted by atomic mass is 9.94. The maximum atomic E-state index is 13.2. The standard InChI is InChI=1S/C26H19Cl2FN4O4/c1-14-8-19(9-16-6-7-32(25(35)23(14)16)13-15-2-4-17(29)5-3-15)37-24-20(27)10-18(11-21(24)28)33-26(36)31-22(34)12-30-33/h2-5,8-12H,6-7,13H2,1H3,(H,31,34,36). The first-order valence-electron chi connectivity index (χ1n) is 11.2. The van der Waals surface area contributed by atoms with Crippen LogP contribution < -0.4 is 16.0 Å². The molecule has 11 heteroatoms. The lowest BCUT2D eigenvalue weighted by Gasteiger charge is -2.30. The summed E-state index contributed by atoms with van der Waals surface area (Å²) in [5.74, 6) is 0.198. The first kappa shape index (κ1) is 24.7. The number of carbonyl (C=O) groups is 1. The average molecular weight is 541 g/mol. The zero-order valence-corrected chi connectivity index (χ0v) is 20.9. The van der Waals surface area contributed by atoms with E-state index >= 15 is 0 Å². The van der Waals surface area contributed by atoms with Crippen LogP contribution in [0.3, 0.4) is 0 Å². The minimum Gasteiger partial charge on any atom is -0.454 e. The molecule has 37 heavy (non-hydrogen) atoms. The van der Waals surface area contributed by atoms with Crippen molar-refractivity contribution in [3.05, 3.63) is 114 Å². The summed E-state index contributed by atoms with van der Waals surface area (Å²) in [4.78, 5) is 40.4. The van der Waals surface area contributed by atoms with Crippen LogP contribution >= 0.6 is 23.2 Å². The van der Waals surface area contributed by atoms with E-state index in [0.29, 0.717) is 30.8 Å². The van der Waals surface area contributed by atoms with Crippen molar-refractivity contribution in [2.75, 3.05) is 6.54 Å². The fourth-order valence-electron chi connectivity index (χ4n) is 4.28. The number of aromatic nitrogens is 3. The van der Waals surface area contributed by atoms with Gasteiger partial charge < -0.3 is 9.64 Å². The molecule has 1 N–H and O–H groups in total. The smallest absolute Gasteiger partial charge is 0.349 e. The third-order valence-electron chi connectivity index (χ3n) is 5.99. The number of aryl methyl sites for hydroxylation is 1. The summed E-state index contributed by atoms with van der Waals surface area (Å²) in [6.45, 7) is 2.72. The van der Waals surface area contributed by atoms with Gasteiger partial charge in [-0.25, -0.2) is 9.18 Å². The van der Waals surface area contributed by atoms with E-state index in [-0.39, 0.29) is 33.2 Å². The molecule has 1 aliphatic rings. The Morgan fingerprint density at radius 3 is 2.43 bits per heavy atom. The second kappa shape index (κ2) is 9.84. The number of fused-ring (bicyclic) bond motifs is 1. The van der Waals surface area contributed by atoms with E-state index < -0.39 is 11.2 Å². The van der Waals surface area contributed by atoms with E-state index in [9.17, 15) is 18.8 Å². The van der Waals surface area contributed by atoms with Crippen molar-refractivity contribution >= 4 is 29.1 Å². The van der Waals surface area contributed by atoms with E-state index in [1.165, 1.54) is 24.3 Å². The number of benzene rings is 3. The molecule has 3 aromatic carbocycles. The van der Waals surface area contributed by atoms with Gasteiger partial charge in [0.2, 0.25) is 0 Å². The maximum Gasteiger partial charge on any atom is 0.349 e. The highest BCUT2D eigenvalue weighted by Crippen LogP contribution is 2.39. The number of aromatic amines is 1. The second-order valence-corrected chi connectivity index (χ2v) is 9.38. The van der Waals surface area contributed by atoms with Gasteiger partial charge in [0.1, 0.15) is 17.8 Å². The van der Waals surface area contributed by atoms with Crippen molar-refractivity contribution in [3.63, 3.8) is 0 Å². The van der Waals surface area contributed by atoms with E-state index in [2.05, 4.69) is 10.1 Å². The highest BCUT2D eigenvalue weighted by molar-refractivity contribution is 6.37. The van der Waals surface area contributed by atoms with Gasteiger partial charge in [0.05, 0.1) is 15.7 Å². The van der Waals surface area contributed by atoms with Crippen LogP contribution in [-0.4, -0.2) is 32.1 Å². The Hall–Kier alpha value is -3.95. The topological polar surface area (TPSA) is 97.3 Å². The number of amides is 1. The predicted octanol–water partition coefficient (Wildman–Crippen LogP) is 4.67. The monoisotopic (exact) mass is 540 g/mol. The first-order valence-corrected chi connectivity index (χ1v) is 12.0. The van der Waals surface area contributed by atoms with Crippen molar-refractivity contribution in [2.24, 2.45) is 0 Å². The molecule has 188 valence electrons. The lowest BCUT2D eigenvalue weighted by Crippen LogP contribution is -2.37. The molecule has 0 saturated heterocycles. The molecule has 0 bridgehead atoms. The van der Waals surface area contributed by atoms with Gasteiger partial charge >= 0.3 is 5.69 Å². The van der Waals surface area contributed by atoms with Crippen molar-refractivity contribution in [3.8, 4) is 17.2 Å². The number of ether oxygens (including phenoxy) is 1. The summed E-state index contributed by atoms with van der Waals surface area (Å²) in [6, 6.07) is 12.5. The largest absolute Gasteiger partial charge is 0.454 e. The van der Waals surface area contributed by atoms with Gasteiger partial charge in [-0.05, 0) is 66.4 Å². The number of nitrogens with zero attached hydrogens (tertiary/aromatic N) is 3. The van der Waals surface area contributed by atoms with Crippen LogP contribution in [0.4, 0.5) is 4.39 Å². The molecule has 0 radical (unpaired) electrons. The highest BCUT2D eigenvalue weighted by atomic mass is 35.5. The molecule has 2 heterocycles. The van der Waals surface area contributed by atoms with Crippen LogP contribution in [0, 0.1) is 12.7 Å². The molecule has 0 fully saturated rings. The molecule has 1 amide bonds. The molecule has 5 rings (SSSR count). The predicted molar refractivity (Wildman–Crippen MR) is 137 cm³/mol. The molecule has 1 aromatic heterocycles. The summed E-state index contributed by atoms with van der Waals surface area (Å²) in [5, 5.41) is 4.05.